The standard InChI is InChI=1S/C23H22N2O6S/c26-23(25(14-16-4-2-1-3-5-16)18-8-11-32(27,28)15-18)19-13-21(31-24-19)17-6-7-20-22(12-17)30-10-9-29-20/h1-7,12-13,18H,8-11,14-15H2. The van der Waals surface area contributed by atoms with E-state index in [1.807, 2.05) is 36.4 Å². The molecule has 2 aliphatic rings. The molecule has 32 heavy (non-hydrogen) atoms. The van der Waals surface area contributed by atoms with Gasteiger partial charge in [-0.1, -0.05) is 35.5 Å². The number of amides is 1. The second-order valence-corrected chi connectivity index (χ2v) is 10.1. The Kier molecular flexibility index (Phi) is 5.34. The number of fused-ring (bicyclic) bond motifs is 1. The van der Waals surface area contributed by atoms with E-state index < -0.39 is 15.9 Å². The van der Waals surface area contributed by atoms with Crippen LogP contribution in [0.5, 0.6) is 11.5 Å². The van der Waals surface area contributed by atoms with Crippen LogP contribution in [0.3, 0.4) is 0 Å². The number of rotatable bonds is 5. The number of nitrogens with zero attached hydrogens (tertiary/aromatic N) is 2. The highest BCUT2D eigenvalue weighted by Gasteiger charge is 2.36. The summed E-state index contributed by atoms with van der Waals surface area (Å²) in [4.78, 5) is 15.0. The van der Waals surface area contributed by atoms with Crippen LogP contribution in [0.4, 0.5) is 0 Å². The lowest BCUT2D eigenvalue weighted by molar-refractivity contribution is 0.0670. The molecule has 0 spiro atoms. The minimum absolute atomic E-state index is 0.0432. The number of hydrogen-bond donors (Lipinski definition) is 0. The molecular formula is C23H22N2O6S. The van der Waals surface area contributed by atoms with Gasteiger partial charge in [0, 0.05) is 24.2 Å². The Morgan fingerprint density at radius 2 is 1.81 bits per heavy atom. The predicted molar refractivity (Wildman–Crippen MR) is 116 cm³/mol. The highest BCUT2D eigenvalue weighted by atomic mass is 32.2. The molecular weight excluding hydrogens is 432 g/mol. The summed E-state index contributed by atoms with van der Waals surface area (Å²) >= 11 is 0. The molecule has 3 heterocycles. The van der Waals surface area contributed by atoms with Gasteiger partial charge in [0.1, 0.15) is 13.2 Å². The molecule has 0 radical (unpaired) electrons. The molecule has 0 N–H and O–H groups in total. The number of ether oxygens (including phenoxy) is 2. The fourth-order valence-electron chi connectivity index (χ4n) is 4.02. The van der Waals surface area contributed by atoms with Gasteiger partial charge >= 0.3 is 0 Å². The molecule has 9 heteroatoms. The average Bonchev–Trinajstić information content (AvgIpc) is 3.44. The normalized spacial score (nSPS) is 18.9. The van der Waals surface area contributed by atoms with Gasteiger partial charge in [-0.25, -0.2) is 8.42 Å². The third kappa shape index (κ3) is 4.20. The van der Waals surface area contributed by atoms with Crippen LogP contribution < -0.4 is 9.47 Å². The summed E-state index contributed by atoms with van der Waals surface area (Å²) < 4.78 is 40.7. The average molecular weight is 455 g/mol. The Morgan fingerprint density at radius 3 is 2.56 bits per heavy atom. The second-order valence-electron chi connectivity index (χ2n) is 7.91. The van der Waals surface area contributed by atoms with E-state index in [0.29, 0.717) is 49.0 Å². The monoisotopic (exact) mass is 454 g/mol. The first kappa shape index (κ1) is 20.6. The molecule has 0 aliphatic carbocycles. The van der Waals surface area contributed by atoms with E-state index in [9.17, 15) is 13.2 Å². The van der Waals surface area contributed by atoms with Crippen LogP contribution in [0.2, 0.25) is 0 Å². The van der Waals surface area contributed by atoms with Crippen LogP contribution in [0.15, 0.2) is 59.1 Å². The largest absolute Gasteiger partial charge is 0.486 e. The minimum Gasteiger partial charge on any atom is -0.486 e. The highest BCUT2D eigenvalue weighted by Crippen LogP contribution is 2.35. The summed E-state index contributed by atoms with van der Waals surface area (Å²) in [7, 11) is -3.16. The van der Waals surface area contributed by atoms with Crippen LogP contribution in [-0.2, 0) is 16.4 Å². The number of aromatic nitrogens is 1. The van der Waals surface area contributed by atoms with Gasteiger partial charge in [-0.05, 0) is 30.2 Å². The van der Waals surface area contributed by atoms with Crippen molar-refractivity contribution in [3.63, 3.8) is 0 Å². The smallest absolute Gasteiger partial charge is 0.276 e. The van der Waals surface area contributed by atoms with Gasteiger partial charge in [-0.15, -0.1) is 0 Å². The predicted octanol–water partition coefficient (Wildman–Crippen LogP) is 2.94. The van der Waals surface area contributed by atoms with Crippen molar-refractivity contribution in [2.24, 2.45) is 0 Å². The third-order valence-corrected chi connectivity index (χ3v) is 7.41. The van der Waals surface area contributed by atoms with E-state index in [0.717, 1.165) is 5.56 Å². The quantitative estimate of drug-likeness (QED) is 0.584. The topological polar surface area (TPSA) is 98.9 Å². The highest BCUT2D eigenvalue weighted by molar-refractivity contribution is 7.91. The van der Waals surface area contributed by atoms with Crippen molar-refractivity contribution in [3.05, 3.63) is 65.9 Å². The van der Waals surface area contributed by atoms with Crippen molar-refractivity contribution in [2.75, 3.05) is 24.7 Å². The maximum atomic E-state index is 13.4. The van der Waals surface area contributed by atoms with E-state index in [1.54, 1.807) is 23.1 Å². The molecule has 5 rings (SSSR count). The zero-order valence-electron chi connectivity index (χ0n) is 17.3. The Labute approximate surface area is 185 Å². The van der Waals surface area contributed by atoms with Crippen LogP contribution in [0, 0.1) is 0 Å². The molecule has 8 nitrogen and oxygen atoms in total. The van der Waals surface area contributed by atoms with Gasteiger partial charge in [0.2, 0.25) is 0 Å². The number of hydrogen-bond acceptors (Lipinski definition) is 7. The number of benzene rings is 2. The first-order chi connectivity index (χ1) is 15.5. The van der Waals surface area contributed by atoms with E-state index in [-0.39, 0.29) is 23.1 Å². The summed E-state index contributed by atoms with van der Waals surface area (Å²) in [6.45, 7) is 1.27. The number of sulfone groups is 1. The summed E-state index contributed by atoms with van der Waals surface area (Å²) in [5, 5.41) is 3.99. The van der Waals surface area contributed by atoms with Crippen molar-refractivity contribution in [3.8, 4) is 22.8 Å². The molecule has 1 atom stereocenters. The minimum atomic E-state index is -3.16. The molecule has 3 aromatic rings. The maximum Gasteiger partial charge on any atom is 0.276 e. The van der Waals surface area contributed by atoms with Crippen LogP contribution >= 0.6 is 0 Å². The summed E-state index contributed by atoms with van der Waals surface area (Å²) in [6, 6.07) is 16.1. The van der Waals surface area contributed by atoms with Gasteiger partial charge in [0.25, 0.3) is 5.91 Å². The fourth-order valence-corrected chi connectivity index (χ4v) is 5.75. The van der Waals surface area contributed by atoms with Gasteiger partial charge in [0.15, 0.2) is 32.8 Å². The van der Waals surface area contributed by atoms with Gasteiger partial charge in [-0.3, -0.25) is 4.79 Å². The van der Waals surface area contributed by atoms with Gasteiger partial charge < -0.3 is 18.9 Å². The van der Waals surface area contributed by atoms with Crippen LogP contribution in [0.1, 0.15) is 22.5 Å². The maximum absolute atomic E-state index is 13.4. The second kappa shape index (κ2) is 8.31. The molecule has 0 saturated carbocycles. The Balaban J connectivity index is 1.42. The van der Waals surface area contributed by atoms with Crippen molar-refractivity contribution in [1.29, 1.82) is 0 Å². The third-order valence-electron chi connectivity index (χ3n) is 5.66. The summed E-state index contributed by atoms with van der Waals surface area (Å²) in [5.41, 5.74) is 1.76. The Hall–Kier alpha value is -3.33. The Bertz CT molecular complexity index is 1240. The molecule has 1 unspecified atom stereocenters. The molecule has 2 aromatic carbocycles. The lowest BCUT2D eigenvalue weighted by atomic mass is 10.1. The summed E-state index contributed by atoms with van der Waals surface area (Å²) in [5.74, 6) is 1.37. The molecule has 1 aromatic heterocycles. The van der Waals surface area contributed by atoms with Crippen molar-refractivity contribution >= 4 is 15.7 Å². The SMILES string of the molecule is O=C(c1cc(-c2ccc3c(c2)OCCO3)on1)N(Cc1ccccc1)C1CCS(=O)(=O)C1. The lowest BCUT2D eigenvalue weighted by Crippen LogP contribution is -2.40. The molecule has 166 valence electrons. The zero-order valence-corrected chi connectivity index (χ0v) is 18.1. The molecule has 2 aliphatic heterocycles. The molecule has 1 amide bonds. The van der Waals surface area contributed by atoms with E-state index in [4.69, 9.17) is 14.0 Å². The Morgan fingerprint density at radius 1 is 1.03 bits per heavy atom. The molecule has 0 bridgehead atoms. The van der Waals surface area contributed by atoms with Crippen LogP contribution in [0.25, 0.3) is 11.3 Å². The number of carbonyl (C=O) groups excluding carboxylic acids is 1. The number of carbonyl (C=O) groups is 1. The fraction of sp³-hybridized carbons (Fsp3) is 0.304. The van der Waals surface area contributed by atoms with Gasteiger partial charge in [0.05, 0.1) is 11.5 Å². The van der Waals surface area contributed by atoms with Crippen LogP contribution in [-0.4, -0.2) is 55.1 Å². The summed E-state index contributed by atoms with van der Waals surface area (Å²) in [6.07, 6.45) is 0.410. The first-order valence-corrected chi connectivity index (χ1v) is 12.2. The van der Waals surface area contributed by atoms with Crippen molar-refractivity contribution in [1.82, 2.24) is 10.1 Å². The van der Waals surface area contributed by atoms with Crippen molar-refractivity contribution < 1.29 is 27.2 Å². The van der Waals surface area contributed by atoms with E-state index >= 15 is 0 Å². The lowest BCUT2D eigenvalue weighted by Gasteiger charge is -2.27. The van der Waals surface area contributed by atoms with Gasteiger partial charge in [-0.2, -0.15) is 0 Å². The zero-order chi connectivity index (χ0) is 22.1. The molecule has 1 saturated heterocycles. The van der Waals surface area contributed by atoms with E-state index in [2.05, 4.69) is 5.16 Å². The van der Waals surface area contributed by atoms with Crippen molar-refractivity contribution in [2.45, 2.75) is 19.0 Å². The molecule has 1 fully saturated rings. The van der Waals surface area contributed by atoms with E-state index in [1.165, 1.54) is 0 Å². The first-order valence-electron chi connectivity index (χ1n) is 10.4.